The third-order valence-corrected chi connectivity index (χ3v) is 2.17. The maximum Gasteiger partial charge on any atom is 0.0794 e. The molecule has 0 N–H and O–H groups in total. The molecule has 0 aliphatic rings. The van der Waals surface area contributed by atoms with E-state index in [1.165, 1.54) is 12.1 Å². The molecule has 50 valence electrons. The van der Waals surface area contributed by atoms with Crippen molar-refractivity contribution in [3.63, 3.8) is 0 Å². The Morgan fingerprint density at radius 1 is 1.78 bits per heavy atom. The Hall–Kier alpha value is -0.370. The van der Waals surface area contributed by atoms with Crippen molar-refractivity contribution in [3.8, 4) is 0 Å². The maximum absolute atomic E-state index is 4.21. The average molecular weight is 141 g/mol. The predicted molar refractivity (Wildman–Crippen MR) is 40.8 cm³/mol. The first-order valence-corrected chi connectivity index (χ1v) is 4.17. The van der Waals surface area contributed by atoms with Gasteiger partial charge in [0.2, 0.25) is 0 Å². The maximum atomic E-state index is 4.21. The number of thiazole rings is 1. The lowest BCUT2D eigenvalue weighted by Crippen LogP contribution is -1.89. The van der Waals surface area contributed by atoms with Gasteiger partial charge in [0.05, 0.1) is 11.2 Å². The highest BCUT2D eigenvalue weighted by Crippen LogP contribution is 2.17. The molecule has 1 heterocycles. The van der Waals surface area contributed by atoms with Gasteiger partial charge in [0.15, 0.2) is 0 Å². The van der Waals surface area contributed by atoms with Crippen molar-refractivity contribution < 1.29 is 0 Å². The van der Waals surface area contributed by atoms with Gasteiger partial charge >= 0.3 is 0 Å². The van der Waals surface area contributed by atoms with Crippen molar-refractivity contribution in [1.29, 1.82) is 0 Å². The monoisotopic (exact) mass is 141 g/mol. The van der Waals surface area contributed by atoms with Gasteiger partial charge in [0, 0.05) is 5.38 Å². The van der Waals surface area contributed by atoms with Crippen LogP contribution >= 0.6 is 11.3 Å². The summed E-state index contributed by atoms with van der Waals surface area (Å²) < 4.78 is 0. The molecule has 9 heavy (non-hydrogen) atoms. The van der Waals surface area contributed by atoms with E-state index in [0.717, 1.165) is 0 Å². The van der Waals surface area contributed by atoms with E-state index in [2.05, 4.69) is 24.2 Å². The fraction of sp³-hybridized carbons (Fsp3) is 0.571. The topological polar surface area (TPSA) is 12.9 Å². The van der Waals surface area contributed by atoms with E-state index in [0.29, 0.717) is 5.92 Å². The molecule has 0 radical (unpaired) electrons. The van der Waals surface area contributed by atoms with Crippen LogP contribution in [0.4, 0.5) is 0 Å². The minimum atomic E-state index is 0.635. The smallest absolute Gasteiger partial charge is 0.0794 e. The lowest BCUT2D eigenvalue weighted by molar-refractivity contribution is 0.714. The van der Waals surface area contributed by atoms with E-state index in [-0.39, 0.29) is 0 Å². The first-order chi connectivity index (χ1) is 4.34. The molecule has 0 amide bonds. The zero-order chi connectivity index (χ0) is 6.69. The first-order valence-electron chi connectivity index (χ1n) is 3.22. The van der Waals surface area contributed by atoms with Crippen molar-refractivity contribution in [2.75, 3.05) is 0 Å². The van der Waals surface area contributed by atoms with Crippen molar-refractivity contribution in [3.05, 3.63) is 16.6 Å². The molecule has 0 aromatic carbocycles. The van der Waals surface area contributed by atoms with Crippen LogP contribution in [0, 0.1) is 0 Å². The Morgan fingerprint density at radius 3 is 3.00 bits per heavy atom. The molecule has 2 heteroatoms. The highest BCUT2D eigenvalue weighted by Gasteiger charge is 2.02. The van der Waals surface area contributed by atoms with Crippen LogP contribution in [0.15, 0.2) is 10.9 Å². The lowest BCUT2D eigenvalue weighted by Gasteiger charge is -2.01. The van der Waals surface area contributed by atoms with E-state index >= 15 is 0 Å². The molecule has 1 rings (SSSR count). The molecule has 0 saturated carbocycles. The van der Waals surface area contributed by atoms with Gasteiger partial charge in [-0.05, 0) is 12.3 Å². The summed E-state index contributed by atoms with van der Waals surface area (Å²) >= 11 is 1.67. The molecule has 0 spiro atoms. The lowest BCUT2D eigenvalue weighted by atomic mass is 10.1. The minimum absolute atomic E-state index is 0.635. The molecular weight excluding hydrogens is 130 g/mol. The van der Waals surface area contributed by atoms with E-state index in [4.69, 9.17) is 0 Å². The molecule has 1 atom stereocenters. The highest BCUT2D eigenvalue weighted by molar-refractivity contribution is 7.07. The van der Waals surface area contributed by atoms with Gasteiger partial charge in [0.25, 0.3) is 0 Å². The van der Waals surface area contributed by atoms with Crippen molar-refractivity contribution in [2.45, 2.75) is 26.2 Å². The second-order valence-corrected chi connectivity index (χ2v) is 2.94. The van der Waals surface area contributed by atoms with E-state index in [9.17, 15) is 0 Å². The van der Waals surface area contributed by atoms with Gasteiger partial charge in [-0.15, -0.1) is 11.3 Å². The highest BCUT2D eigenvalue weighted by atomic mass is 32.1. The molecular formula is C7H11NS. The fourth-order valence-corrected chi connectivity index (χ4v) is 1.35. The zero-order valence-corrected chi connectivity index (χ0v) is 6.61. The van der Waals surface area contributed by atoms with E-state index in [1.807, 2.05) is 5.51 Å². The molecule has 0 aliphatic carbocycles. The minimum Gasteiger partial charge on any atom is -0.249 e. The van der Waals surface area contributed by atoms with Gasteiger partial charge in [-0.2, -0.15) is 0 Å². The second kappa shape index (κ2) is 2.97. The van der Waals surface area contributed by atoms with E-state index < -0.39 is 0 Å². The first kappa shape index (κ1) is 6.75. The van der Waals surface area contributed by atoms with Crippen LogP contribution < -0.4 is 0 Å². The Labute approximate surface area is 59.8 Å². The van der Waals surface area contributed by atoms with Crippen LogP contribution in [0.25, 0.3) is 0 Å². The SMILES string of the molecule is CC[C@H](C)c1cscn1. The van der Waals surface area contributed by atoms with Gasteiger partial charge in [-0.1, -0.05) is 13.8 Å². The van der Waals surface area contributed by atoms with Gasteiger partial charge in [0.1, 0.15) is 0 Å². The molecule has 0 fully saturated rings. The predicted octanol–water partition coefficient (Wildman–Crippen LogP) is 2.66. The number of aromatic nitrogens is 1. The molecule has 1 aromatic rings. The summed E-state index contributed by atoms with van der Waals surface area (Å²) in [6.07, 6.45) is 1.18. The third kappa shape index (κ3) is 1.52. The van der Waals surface area contributed by atoms with Crippen molar-refractivity contribution in [2.24, 2.45) is 0 Å². The number of hydrogen-bond acceptors (Lipinski definition) is 2. The summed E-state index contributed by atoms with van der Waals surface area (Å²) in [5.74, 6) is 0.635. The Morgan fingerprint density at radius 2 is 2.56 bits per heavy atom. The fourth-order valence-electron chi connectivity index (χ4n) is 0.674. The Bertz CT molecular complexity index is 157. The Kier molecular flexibility index (Phi) is 2.22. The molecule has 0 unspecified atom stereocenters. The number of rotatable bonds is 2. The zero-order valence-electron chi connectivity index (χ0n) is 5.79. The summed E-state index contributed by atoms with van der Waals surface area (Å²) in [5.41, 5.74) is 3.13. The average Bonchev–Trinajstić information content (AvgIpc) is 2.37. The van der Waals surface area contributed by atoms with Crippen LogP contribution in [0.2, 0.25) is 0 Å². The summed E-state index contributed by atoms with van der Waals surface area (Å²) in [5, 5.41) is 2.12. The number of hydrogen-bond donors (Lipinski definition) is 0. The summed E-state index contributed by atoms with van der Waals surface area (Å²) in [7, 11) is 0. The normalized spacial score (nSPS) is 13.6. The summed E-state index contributed by atoms with van der Waals surface area (Å²) in [6, 6.07) is 0. The summed E-state index contributed by atoms with van der Waals surface area (Å²) in [4.78, 5) is 4.21. The van der Waals surface area contributed by atoms with Gasteiger partial charge < -0.3 is 0 Å². The van der Waals surface area contributed by atoms with Crippen LogP contribution in [-0.2, 0) is 0 Å². The van der Waals surface area contributed by atoms with Crippen molar-refractivity contribution in [1.82, 2.24) is 4.98 Å². The quantitative estimate of drug-likeness (QED) is 0.617. The third-order valence-electron chi connectivity index (χ3n) is 1.57. The molecule has 1 nitrogen and oxygen atoms in total. The largest absolute Gasteiger partial charge is 0.249 e. The Balaban J connectivity index is 2.65. The van der Waals surface area contributed by atoms with Crippen LogP contribution in [0.5, 0.6) is 0 Å². The van der Waals surface area contributed by atoms with Gasteiger partial charge in [-0.3, -0.25) is 0 Å². The second-order valence-electron chi connectivity index (χ2n) is 2.22. The van der Waals surface area contributed by atoms with Crippen LogP contribution in [-0.4, -0.2) is 4.98 Å². The molecule has 0 aliphatic heterocycles. The van der Waals surface area contributed by atoms with Crippen molar-refractivity contribution >= 4 is 11.3 Å². The number of nitrogens with zero attached hydrogens (tertiary/aromatic N) is 1. The standard InChI is InChI=1S/C7H11NS/c1-3-6(2)7-4-9-5-8-7/h4-6H,3H2,1-2H3/t6-/m0/s1. The molecule has 0 saturated heterocycles. The summed E-state index contributed by atoms with van der Waals surface area (Å²) in [6.45, 7) is 4.39. The van der Waals surface area contributed by atoms with Gasteiger partial charge in [-0.25, -0.2) is 4.98 Å². The molecule has 1 aromatic heterocycles. The van der Waals surface area contributed by atoms with Crippen LogP contribution in [0.3, 0.4) is 0 Å². The molecule has 0 bridgehead atoms. The van der Waals surface area contributed by atoms with E-state index in [1.54, 1.807) is 11.3 Å². The van der Waals surface area contributed by atoms with Crippen LogP contribution in [0.1, 0.15) is 31.9 Å².